The third kappa shape index (κ3) is 3.96. The van der Waals surface area contributed by atoms with Crippen molar-refractivity contribution in [1.82, 2.24) is 10.3 Å². The highest BCUT2D eigenvalue weighted by molar-refractivity contribution is 7.15. The van der Waals surface area contributed by atoms with Gasteiger partial charge in [-0.1, -0.05) is 6.92 Å². The van der Waals surface area contributed by atoms with Crippen LogP contribution in [0.3, 0.4) is 0 Å². The molecular formula is C13H25N3S. The lowest BCUT2D eigenvalue weighted by Crippen LogP contribution is -2.24. The van der Waals surface area contributed by atoms with E-state index in [9.17, 15) is 0 Å². The number of thiazole rings is 1. The fourth-order valence-electron chi connectivity index (χ4n) is 1.62. The molecule has 0 aliphatic carbocycles. The Kier molecular flexibility index (Phi) is 5.92. The summed E-state index contributed by atoms with van der Waals surface area (Å²) in [6, 6.07) is 0.577. The van der Waals surface area contributed by atoms with Gasteiger partial charge in [-0.3, -0.25) is 0 Å². The van der Waals surface area contributed by atoms with Crippen LogP contribution in [0.15, 0.2) is 0 Å². The molecule has 3 nitrogen and oxygen atoms in total. The number of hydrogen-bond acceptors (Lipinski definition) is 4. The zero-order chi connectivity index (χ0) is 12.8. The minimum atomic E-state index is 0.577. The SMILES string of the molecule is CCC(C)NCc1sc(N(CC)CC)nc1C. The van der Waals surface area contributed by atoms with E-state index in [1.165, 1.54) is 17.0 Å². The molecule has 1 aromatic heterocycles. The number of anilines is 1. The van der Waals surface area contributed by atoms with Crippen LogP contribution in [0, 0.1) is 6.92 Å². The van der Waals surface area contributed by atoms with Gasteiger partial charge in [0.15, 0.2) is 5.13 Å². The Bertz CT molecular complexity index is 331. The summed E-state index contributed by atoms with van der Waals surface area (Å²) in [6.45, 7) is 13.9. The number of nitrogens with one attached hydrogen (secondary N) is 1. The number of aryl methyl sites for hydroxylation is 1. The molecule has 0 saturated carbocycles. The summed E-state index contributed by atoms with van der Waals surface area (Å²) >= 11 is 1.82. The maximum atomic E-state index is 4.66. The Morgan fingerprint density at radius 1 is 1.29 bits per heavy atom. The van der Waals surface area contributed by atoms with Gasteiger partial charge in [-0.25, -0.2) is 4.98 Å². The topological polar surface area (TPSA) is 28.2 Å². The Balaban J connectivity index is 2.67. The summed E-state index contributed by atoms with van der Waals surface area (Å²) in [7, 11) is 0. The van der Waals surface area contributed by atoms with Crippen LogP contribution in [0.2, 0.25) is 0 Å². The first-order valence-corrected chi connectivity index (χ1v) is 7.38. The first kappa shape index (κ1) is 14.5. The minimum absolute atomic E-state index is 0.577. The largest absolute Gasteiger partial charge is 0.349 e. The molecule has 1 unspecified atom stereocenters. The van der Waals surface area contributed by atoms with Gasteiger partial charge in [-0.2, -0.15) is 0 Å². The second-order valence-corrected chi connectivity index (χ2v) is 5.43. The maximum absolute atomic E-state index is 4.66. The van der Waals surface area contributed by atoms with E-state index in [1.807, 2.05) is 11.3 Å². The van der Waals surface area contributed by atoms with Gasteiger partial charge in [0.05, 0.1) is 5.69 Å². The molecule has 0 aromatic carbocycles. The van der Waals surface area contributed by atoms with Crippen molar-refractivity contribution in [2.24, 2.45) is 0 Å². The number of hydrogen-bond donors (Lipinski definition) is 1. The smallest absolute Gasteiger partial charge is 0.185 e. The molecule has 0 bridgehead atoms. The molecule has 17 heavy (non-hydrogen) atoms. The van der Waals surface area contributed by atoms with Crippen molar-refractivity contribution in [2.75, 3.05) is 18.0 Å². The van der Waals surface area contributed by atoms with E-state index >= 15 is 0 Å². The van der Waals surface area contributed by atoms with E-state index < -0.39 is 0 Å². The van der Waals surface area contributed by atoms with Gasteiger partial charge in [0.2, 0.25) is 0 Å². The number of aromatic nitrogens is 1. The molecule has 1 atom stereocenters. The van der Waals surface area contributed by atoms with E-state index in [4.69, 9.17) is 0 Å². The van der Waals surface area contributed by atoms with Crippen LogP contribution >= 0.6 is 11.3 Å². The van der Waals surface area contributed by atoms with Gasteiger partial charge in [0, 0.05) is 30.6 Å². The maximum Gasteiger partial charge on any atom is 0.185 e. The summed E-state index contributed by atoms with van der Waals surface area (Å²) < 4.78 is 0. The predicted octanol–water partition coefficient (Wildman–Crippen LogP) is 3.19. The first-order valence-electron chi connectivity index (χ1n) is 6.56. The predicted molar refractivity (Wildman–Crippen MR) is 77.0 cm³/mol. The van der Waals surface area contributed by atoms with Crippen LogP contribution in [0.1, 0.15) is 44.7 Å². The van der Waals surface area contributed by atoms with E-state index in [0.29, 0.717) is 6.04 Å². The highest BCUT2D eigenvalue weighted by Gasteiger charge is 2.11. The minimum Gasteiger partial charge on any atom is -0.349 e. The van der Waals surface area contributed by atoms with Crippen molar-refractivity contribution in [1.29, 1.82) is 0 Å². The molecular weight excluding hydrogens is 230 g/mol. The molecule has 1 heterocycles. The van der Waals surface area contributed by atoms with Crippen molar-refractivity contribution in [3.63, 3.8) is 0 Å². The lowest BCUT2D eigenvalue weighted by molar-refractivity contribution is 0.536. The van der Waals surface area contributed by atoms with E-state index in [1.54, 1.807) is 0 Å². The molecule has 0 fully saturated rings. The summed E-state index contributed by atoms with van der Waals surface area (Å²) in [5.74, 6) is 0. The molecule has 4 heteroatoms. The average molecular weight is 255 g/mol. The van der Waals surface area contributed by atoms with Crippen LogP contribution < -0.4 is 10.2 Å². The van der Waals surface area contributed by atoms with Crippen molar-refractivity contribution in [3.8, 4) is 0 Å². The highest BCUT2D eigenvalue weighted by atomic mass is 32.1. The average Bonchev–Trinajstić information content (AvgIpc) is 2.69. The fourth-order valence-corrected chi connectivity index (χ4v) is 2.76. The Morgan fingerprint density at radius 3 is 2.47 bits per heavy atom. The third-order valence-electron chi connectivity index (χ3n) is 3.14. The van der Waals surface area contributed by atoms with Gasteiger partial charge >= 0.3 is 0 Å². The van der Waals surface area contributed by atoms with E-state index in [0.717, 1.165) is 24.8 Å². The molecule has 1 N–H and O–H groups in total. The third-order valence-corrected chi connectivity index (χ3v) is 4.36. The van der Waals surface area contributed by atoms with Crippen molar-refractivity contribution >= 4 is 16.5 Å². The Hall–Kier alpha value is -0.610. The van der Waals surface area contributed by atoms with Crippen molar-refractivity contribution in [3.05, 3.63) is 10.6 Å². The molecule has 0 spiro atoms. The second kappa shape index (κ2) is 6.97. The van der Waals surface area contributed by atoms with Crippen LogP contribution in [-0.4, -0.2) is 24.1 Å². The molecule has 0 saturated heterocycles. The number of rotatable bonds is 7. The van der Waals surface area contributed by atoms with Crippen LogP contribution in [0.4, 0.5) is 5.13 Å². The van der Waals surface area contributed by atoms with Crippen LogP contribution in [0.5, 0.6) is 0 Å². The summed E-state index contributed by atoms with van der Waals surface area (Å²) in [5.41, 5.74) is 1.17. The lowest BCUT2D eigenvalue weighted by Gasteiger charge is -2.16. The van der Waals surface area contributed by atoms with Gasteiger partial charge in [-0.15, -0.1) is 11.3 Å². The quantitative estimate of drug-likeness (QED) is 0.811. The molecule has 0 amide bonds. The summed E-state index contributed by atoms with van der Waals surface area (Å²) in [6.07, 6.45) is 1.17. The monoisotopic (exact) mass is 255 g/mol. The normalized spacial score (nSPS) is 12.8. The summed E-state index contributed by atoms with van der Waals surface area (Å²) in [5, 5.41) is 4.69. The fraction of sp³-hybridized carbons (Fsp3) is 0.769. The molecule has 0 aliphatic rings. The molecule has 0 aliphatic heterocycles. The zero-order valence-corrected chi connectivity index (χ0v) is 12.5. The molecule has 0 radical (unpaired) electrons. The van der Waals surface area contributed by atoms with Gasteiger partial charge in [0.25, 0.3) is 0 Å². The Labute approximate surface area is 109 Å². The lowest BCUT2D eigenvalue weighted by atomic mass is 10.2. The molecule has 1 rings (SSSR count). The molecule has 1 aromatic rings. The number of nitrogens with zero attached hydrogens (tertiary/aromatic N) is 2. The summed E-state index contributed by atoms with van der Waals surface area (Å²) in [4.78, 5) is 8.34. The van der Waals surface area contributed by atoms with E-state index in [-0.39, 0.29) is 0 Å². The zero-order valence-electron chi connectivity index (χ0n) is 11.7. The molecule has 98 valence electrons. The van der Waals surface area contributed by atoms with E-state index in [2.05, 4.69) is 49.8 Å². The second-order valence-electron chi connectivity index (χ2n) is 4.37. The van der Waals surface area contributed by atoms with Gasteiger partial charge in [-0.05, 0) is 34.1 Å². The van der Waals surface area contributed by atoms with Gasteiger partial charge < -0.3 is 10.2 Å². The highest BCUT2D eigenvalue weighted by Crippen LogP contribution is 2.25. The first-order chi connectivity index (χ1) is 8.12. The standard InChI is InChI=1S/C13H25N3S/c1-6-10(4)14-9-12-11(5)15-13(17-12)16(7-2)8-3/h10,14H,6-9H2,1-5H3. The van der Waals surface area contributed by atoms with Crippen LogP contribution in [-0.2, 0) is 6.54 Å². The van der Waals surface area contributed by atoms with Crippen molar-refractivity contribution in [2.45, 2.75) is 53.6 Å². The Morgan fingerprint density at radius 2 is 1.94 bits per heavy atom. The van der Waals surface area contributed by atoms with Crippen LogP contribution in [0.25, 0.3) is 0 Å². The van der Waals surface area contributed by atoms with Gasteiger partial charge in [0.1, 0.15) is 0 Å². The van der Waals surface area contributed by atoms with Crippen molar-refractivity contribution < 1.29 is 0 Å².